The van der Waals surface area contributed by atoms with Crippen LogP contribution in [0.3, 0.4) is 0 Å². The van der Waals surface area contributed by atoms with Gasteiger partial charge in [-0.1, -0.05) is 17.3 Å². The number of aliphatic hydroxyl groups is 1. The Balaban J connectivity index is 1.58. The van der Waals surface area contributed by atoms with Crippen LogP contribution in [0.1, 0.15) is 40.8 Å². The zero-order valence-corrected chi connectivity index (χ0v) is 15.6. The highest BCUT2D eigenvalue weighted by Crippen LogP contribution is 2.37. The third-order valence-corrected chi connectivity index (χ3v) is 5.09. The molecule has 1 aliphatic heterocycles. The number of hydrogen-bond acceptors (Lipinski definition) is 6. The Morgan fingerprint density at radius 2 is 1.96 bits per heavy atom. The predicted molar refractivity (Wildman–Crippen MR) is 94.8 cm³/mol. The van der Waals surface area contributed by atoms with Crippen molar-refractivity contribution in [1.29, 1.82) is 0 Å². The summed E-state index contributed by atoms with van der Waals surface area (Å²) in [7, 11) is 0. The second kappa shape index (κ2) is 8.97. The zero-order chi connectivity index (χ0) is 20.1. The van der Waals surface area contributed by atoms with Crippen molar-refractivity contribution < 1.29 is 32.3 Å². The van der Waals surface area contributed by atoms with Gasteiger partial charge < -0.3 is 19.7 Å². The van der Waals surface area contributed by atoms with Crippen LogP contribution < -0.4 is 5.32 Å². The molecule has 28 heavy (non-hydrogen) atoms. The Labute approximate surface area is 163 Å². The Hall–Kier alpha value is -2.04. The topological polar surface area (TPSA) is 84.6 Å². The maximum atomic E-state index is 12.4. The van der Waals surface area contributed by atoms with Gasteiger partial charge in [0.25, 0.3) is 5.91 Å². The van der Waals surface area contributed by atoms with Crippen molar-refractivity contribution in [3.05, 3.63) is 47.3 Å². The lowest BCUT2D eigenvalue weighted by Crippen LogP contribution is -2.32. The Kier molecular flexibility index (Phi) is 6.63. The summed E-state index contributed by atoms with van der Waals surface area (Å²) in [5, 5.41) is 16.8. The number of thioether (sulfide) groups is 1. The second-order valence-corrected chi connectivity index (χ2v) is 7.54. The quantitative estimate of drug-likeness (QED) is 0.701. The summed E-state index contributed by atoms with van der Waals surface area (Å²) in [5.74, 6) is -0.0270. The van der Waals surface area contributed by atoms with E-state index >= 15 is 0 Å². The number of ether oxygens (including phenoxy) is 1. The lowest BCUT2D eigenvalue weighted by Gasteiger charge is -2.21. The molecular formula is C18H19F3N2O4S. The van der Waals surface area contributed by atoms with Gasteiger partial charge in [-0.25, -0.2) is 0 Å². The standard InChI is InChI=1S/C18H19F3N2O4S/c19-18(20,21)28-13-3-1-12(2-4-13)16(24)15-9-14(23-27-15)17(25)22-10-11-5-7-26-8-6-11/h1-4,9,11,16,24H,5-8,10H2,(H,22,25). The van der Waals surface area contributed by atoms with Gasteiger partial charge in [0.05, 0.1) is 0 Å². The van der Waals surface area contributed by atoms with Crippen LogP contribution in [0.5, 0.6) is 0 Å². The number of nitrogens with zero attached hydrogens (tertiary/aromatic N) is 1. The van der Waals surface area contributed by atoms with Gasteiger partial charge in [0.1, 0.15) is 6.10 Å². The van der Waals surface area contributed by atoms with Gasteiger partial charge in [0.2, 0.25) is 0 Å². The van der Waals surface area contributed by atoms with E-state index in [1.807, 2.05) is 0 Å². The summed E-state index contributed by atoms with van der Waals surface area (Å²) in [5.41, 5.74) is -4.01. The molecule has 2 N–H and O–H groups in total. The molecule has 0 saturated carbocycles. The van der Waals surface area contributed by atoms with Crippen molar-refractivity contribution in [3.8, 4) is 0 Å². The predicted octanol–water partition coefficient (Wildman–Crippen LogP) is 3.52. The minimum Gasteiger partial charge on any atom is -0.381 e. The van der Waals surface area contributed by atoms with Crippen molar-refractivity contribution >= 4 is 17.7 Å². The molecule has 1 amide bonds. The first-order chi connectivity index (χ1) is 13.3. The van der Waals surface area contributed by atoms with E-state index in [1.165, 1.54) is 30.3 Å². The number of carbonyl (C=O) groups is 1. The van der Waals surface area contributed by atoms with Crippen LogP contribution in [0, 0.1) is 5.92 Å². The molecule has 2 heterocycles. The fourth-order valence-electron chi connectivity index (χ4n) is 2.82. The summed E-state index contributed by atoms with van der Waals surface area (Å²) in [6.07, 6.45) is 0.520. The average molecular weight is 416 g/mol. The van der Waals surface area contributed by atoms with Crippen molar-refractivity contribution in [2.75, 3.05) is 19.8 Å². The molecule has 3 rings (SSSR count). The minimum absolute atomic E-state index is 0.00852. The number of alkyl halides is 3. The van der Waals surface area contributed by atoms with Crippen molar-refractivity contribution in [1.82, 2.24) is 10.5 Å². The van der Waals surface area contributed by atoms with Gasteiger partial charge >= 0.3 is 5.51 Å². The number of benzene rings is 1. The van der Waals surface area contributed by atoms with Gasteiger partial charge in [0, 0.05) is 30.7 Å². The number of nitrogens with one attached hydrogen (secondary N) is 1. The van der Waals surface area contributed by atoms with E-state index in [-0.39, 0.29) is 28.1 Å². The Bertz CT molecular complexity index is 789. The summed E-state index contributed by atoms with van der Waals surface area (Å²) in [6.45, 7) is 1.87. The first-order valence-electron chi connectivity index (χ1n) is 8.68. The van der Waals surface area contributed by atoms with Crippen molar-refractivity contribution in [2.24, 2.45) is 5.92 Å². The highest BCUT2D eigenvalue weighted by atomic mass is 32.2. The summed E-state index contributed by atoms with van der Waals surface area (Å²) < 4.78 is 47.4. The van der Waals surface area contributed by atoms with E-state index in [2.05, 4.69) is 10.5 Å². The van der Waals surface area contributed by atoms with Crippen LogP contribution in [0.25, 0.3) is 0 Å². The van der Waals surface area contributed by atoms with Crippen LogP contribution in [0.2, 0.25) is 0 Å². The molecule has 152 valence electrons. The number of rotatable bonds is 6. The fraction of sp³-hybridized carbons (Fsp3) is 0.444. The summed E-state index contributed by atoms with van der Waals surface area (Å²) >= 11 is -0.236. The highest BCUT2D eigenvalue weighted by Gasteiger charge is 2.29. The third-order valence-electron chi connectivity index (χ3n) is 4.35. The molecule has 6 nitrogen and oxygen atoms in total. The molecule has 0 bridgehead atoms. The first-order valence-corrected chi connectivity index (χ1v) is 9.50. The number of hydrogen-bond donors (Lipinski definition) is 2. The lowest BCUT2D eigenvalue weighted by atomic mass is 10.0. The number of carbonyl (C=O) groups excluding carboxylic acids is 1. The van der Waals surface area contributed by atoms with Crippen LogP contribution >= 0.6 is 11.8 Å². The molecule has 1 atom stereocenters. The van der Waals surface area contributed by atoms with E-state index in [9.17, 15) is 23.1 Å². The molecule has 2 aromatic rings. The lowest BCUT2D eigenvalue weighted by molar-refractivity contribution is -0.0328. The Morgan fingerprint density at radius 1 is 1.29 bits per heavy atom. The molecule has 0 aliphatic carbocycles. The van der Waals surface area contributed by atoms with Crippen molar-refractivity contribution in [3.63, 3.8) is 0 Å². The van der Waals surface area contributed by atoms with Crippen LogP contribution in [0.15, 0.2) is 39.8 Å². The molecular weight excluding hydrogens is 397 g/mol. The SMILES string of the molecule is O=C(NCC1CCOCC1)c1cc(C(O)c2ccc(SC(F)(F)F)cc2)on1. The number of amides is 1. The number of halogens is 3. The van der Waals surface area contributed by atoms with Gasteiger partial charge in [-0.3, -0.25) is 4.79 Å². The molecule has 1 aliphatic rings. The van der Waals surface area contributed by atoms with E-state index in [1.54, 1.807) is 0 Å². The average Bonchev–Trinajstić information content (AvgIpc) is 3.16. The summed E-state index contributed by atoms with van der Waals surface area (Å²) in [6, 6.07) is 6.57. The maximum Gasteiger partial charge on any atom is 0.446 e. The van der Waals surface area contributed by atoms with Crippen molar-refractivity contribution in [2.45, 2.75) is 29.3 Å². The van der Waals surface area contributed by atoms with E-state index in [0.29, 0.717) is 31.2 Å². The molecule has 0 spiro atoms. The van der Waals surface area contributed by atoms with Gasteiger partial charge in [-0.15, -0.1) is 0 Å². The second-order valence-electron chi connectivity index (χ2n) is 6.40. The van der Waals surface area contributed by atoms with Gasteiger partial charge in [-0.2, -0.15) is 13.2 Å². The Morgan fingerprint density at radius 3 is 2.61 bits per heavy atom. The monoisotopic (exact) mass is 416 g/mol. The molecule has 1 saturated heterocycles. The van der Waals surface area contributed by atoms with Gasteiger partial charge in [-0.05, 0) is 48.2 Å². The van der Waals surface area contributed by atoms with E-state index in [0.717, 1.165) is 12.8 Å². The molecule has 1 fully saturated rings. The minimum atomic E-state index is -4.38. The summed E-state index contributed by atoms with van der Waals surface area (Å²) in [4.78, 5) is 12.2. The molecule has 1 aromatic heterocycles. The maximum absolute atomic E-state index is 12.4. The smallest absolute Gasteiger partial charge is 0.381 e. The van der Waals surface area contributed by atoms with Crippen LogP contribution in [-0.2, 0) is 4.74 Å². The first kappa shape index (κ1) is 20.7. The largest absolute Gasteiger partial charge is 0.446 e. The third kappa shape index (κ3) is 5.73. The highest BCUT2D eigenvalue weighted by molar-refractivity contribution is 8.00. The molecule has 1 aromatic carbocycles. The molecule has 0 radical (unpaired) electrons. The fourth-order valence-corrected chi connectivity index (χ4v) is 3.36. The molecule has 10 heteroatoms. The van der Waals surface area contributed by atoms with Gasteiger partial charge in [0.15, 0.2) is 11.5 Å². The molecule has 1 unspecified atom stereocenters. The number of aromatic nitrogens is 1. The normalized spacial score (nSPS) is 16.7. The van der Waals surface area contributed by atoms with E-state index in [4.69, 9.17) is 9.26 Å². The van der Waals surface area contributed by atoms with E-state index < -0.39 is 17.5 Å². The van der Waals surface area contributed by atoms with Crippen LogP contribution in [0.4, 0.5) is 13.2 Å². The van der Waals surface area contributed by atoms with Crippen LogP contribution in [-0.4, -0.2) is 41.4 Å². The zero-order valence-electron chi connectivity index (χ0n) is 14.7. The number of aliphatic hydroxyl groups excluding tert-OH is 1.